The Morgan fingerprint density at radius 2 is 1.83 bits per heavy atom. The Morgan fingerprint density at radius 1 is 1.10 bits per heavy atom. The number of hydrogen-bond acceptors (Lipinski definition) is 7. The highest BCUT2D eigenvalue weighted by atomic mass is 32.2. The van der Waals surface area contributed by atoms with Crippen molar-refractivity contribution in [2.75, 3.05) is 33.9 Å². The Kier molecular flexibility index (Phi) is 10.1. The van der Waals surface area contributed by atoms with Crippen LogP contribution in [0.5, 0.6) is 5.75 Å². The number of unbranched alkanes of at least 4 members (excludes halogenated alkanes) is 1. The van der Waals surface area contributed by atoms with Crippen molar-refractivity contribution >= 4 is 33.0 Å². The largest absolute Gasteiger partial charge is 0.481 e. The van der Waals surface area contributed by atoms with Crippen molar-refractivity contribution < 1.29 is 27.5 Å². The van der Waals surface area contributed by atoms with Gasteiger partial charge in [-0.3, -0.25) is 4.79 Å². The van der Waals surface area contributed by atoms with Gasteiger partial charge in [-0.2, -0.15) is 12.7 Å². The lowest BCUT2D eigenvalue weighted by Gasteiger charge is -2.24. The van der Waals surface area contributed by atoms with Gasteiger partial charge >= 0.3 is 16.2 Å². The number of nitrogens with zero attached hydrogens (tertiary/aromatic N) is 2. The van der Waals surface area contributed by atoms with Gasteiger partial charge in [0.1, 0.15) is 5.75 Å². The van der Waals surface area contributed by atoms with E-state index in [9.17, 15) is 18.0 Å². The molecule has 11 heteroatoms. The average molecular weight is 585 g/mol. The molecule has 1 amide bonds. The SMILES string of the molecule is COC(=O)COc1ccccc1-c1c(C2CCCCC2)c2ccc(C(=O)NS(=O)(=O)N(C)CCCCN)cc2n1C. The molecule has 10 nitrogen and oxygen atoms in total. The van der Waals surface area contributed by atoms with E-state index in [1.807, 2.05) is 41.9 Å². The normalized spacial score (nSPS) is 14.4. The molecule has 0 radical (unpaired) electrons. The zero-order chi connectivity index (χ0) is 29.6. The van der Waals surface area contributed by atoms with Gasteiger partial charge < -0.3 is 19.8 Å². The van der Waals surface area contributed by atoms with Crippen LogP contribution in [-0.4, -0.2) is 63.0 Å². The molecule has 2 aromatic carbocycles. The van der Waals surface area contributed by atoms with Gasteiger partial charge in [-0.25, -0.2) is 9.52 Å². The predicted octanol–water partition coefficient (Wildman–Crippen LogP) is 4.09. The molecule has 1 heterocycles. The number of esters is 1. The first-order valence-corrected chi connectivity index (χ1v) is 15.5. The van der Waals surface area contributed by atoms with Gasteiger partial charge in [0, 0.05) is 42.7 Å². The highest BCUT2D eigenvalue weighted by Gasteiger charge is 2.28. The maximum atomic E-state index is 13.1. The van der Waals surface area contributed by atoms with Gasteiger partial charge in [-0.1, -0.05) is 37.5 Å². The third kappa shape index (κ3) is 6.91. The van der Waals surface area contributed by atoms with Crippen LogP contribution in [0.2, 0.25) is 0 Å². The van der Waals surface area contributed by atoms with E-state index >= 15 is 0 Å². The fraction of sp³-hybridized carbons (Fsp3) is 0.467. The van der Waals surface area contributed by atoms with E-state index in [2.05, 4.69) is 4.72 Å². The monoisotopic (exact) mass is 584 g/mol. The number of aromatic nitrogens is 1. The lowest BCUT2D eigenvalue weighted by Crippen LogP contribution is -2.41. The summed E-state index contributed by atoms with van der Waals surface area (Å²) in [6, 6.07) is 12.9. The maximum absolute atomic E-state index is 13.1. The molecule has 222 valence electrons. The summed E-state index contributed by atoms with van der Waals surface area (Å²) in [6.07, 6.45) is 6.88. The van der Waals surface area contributed by atoms with E-state index in [0.717, 1.165) is 52.1 Å². The summed E-state index contributed by atoms with van der Waals surface area (Å²) < 4.78 is 41.5. The second-order valence-corrected chi connectivity index (χ2v) is 12.3. The van der Waals surface area contributed by atoms with Gasteiger partial charge in [0.25, 0.3) is 5.91 Å². The number of nitrogens with one attached hydrogen (secondary N) is 1. The molecule has 41 heavy (non-hydrogen) atoms. The Bertz CT molecular complexity index is 1490. The van der Waals surface area contributed by atoms with Crippen LogP contribution in [0.1, 0.15) is 66.8 Å². The molecule has 1 saturated carbocycles. The highest BCUT2D eigenvalue weighted by Crippen LogP contribution is 2.45. The van der Waals surface area contributed by atoms with Crippen LogP contribution in [0.3, 0.4) is 0 Å². The number of hydrogen-bond donors (Lipinski definition) is 2. The molecule has 0 saturated heterocycles. The number of ether oxygens (including phenoxy) is 2. The number of carbonyl (C=O) groups excluding carboxylic acids is 2. The summed E-state index contributed by atoms with van der Waals surface area (Å²) >= 11 is 0. The number of para-hydroxylation sites is 1. The van der Waals surface area contributed by atoms with Crippen LogP contribution in [-0.2, 0) is 26.8 Å². The van der Waals surface area contributed by atoms with Crippen molar-refractivity contribution in [3.05, 3.63) is 53.6 Å². The van der Waals surface area contributed by atoms with Crippen molar-refractivity contribution in [2.24, 2.45) is 12.8 Å². The van der Waals surface area contributed by atoms with Crippen molar-refractivity contribution in [1.82, 2.24) is 13.6 Å². The Labute approximate surface area is 242 Å². The molecule has 0 atom stereocenters. The summed E-state index contributed by atoms with van der Waals surface area (Å²) in [5.41, 5.74) is 9.53. The van der Waals surface area contributed by atoms with E-state index < -0.39 is 22.1 Å². The number of nitrogens with two attached hydrogens (primary N) is 1. The zero-order valence-electron chi connectivity index (χ0n) is 24.0. The van der Waals surface area contributed by atoms with Crippen LogP contribution >= 0.6 is 0 Å². The summed E-state index contributed by atoms with van der Waals surface area (Å²) in [4.78, 5) is 25.0. The molecular formula is C30H40N4O6S. The van der Waals surface area contributed by atoms with Crippen molar-refractivity contribution in [3.8, 4) is 17.0 Å². The van der Waals surface area contributed by atoms with Crippen molar-refractivity contribution in [2.45, 2.75) is 50.9 Å². The molecule has 1 aliphatic rings. The second kappa shape index (κ2) is 13.5. The summed E-state index contributed by atoms with van der Waals surface area (Å²) in [5.74, 6) is -0.290. The average Bonchev–Trinajstić information content (AvgIpc) is 3.27. The number of aryl methyl sites for hydroxylation is 1. The first-order chi connectivity index (χ1) is 19.7. The van der Waals surface area contributed by atoms with E-state index in [1.165, 1.54) is 26.1 Å². The molecule has 1 fully saturated rings. The molecular weight excluding hydrogens is 544 g/mol. The van der Waals surface area contributed by atoms with Crippen LogP contribution in [0.15, 0.2) is 42.5 Å². The van der Waals surface area contributed by atoms with Crippen LogP contribution < -0.4 is 15.2 Å². The number of carbonyl (C=O) groups is 2. The second-order valence-electron chi connectivity index (χ2n) is 10.5. The number of rotatable bonds is 12. The predicted molar refractivity (Wildman–Crippen MR) is 159 cm³/mol. The number of amides is 1. The maximum Gasteiger partial charge on any atom is 0.343 e. The van der Waals surface area contributed by atoms with Crippen LogP contribution in [0, 0.1) is 0 Å². The molecule has 1 aliphatic carbocycles. The topological polar surface area (TPSA) is 133 Å². The minimum atomic E-state index is -4.00. The minimum absolute atomic E-state index is 0.213. The molecule has 0 unspecified atom stereocenters. The smallest absolute Gasteiger partial charge is 0.343 e. The fourth-order valence-electron chi connectivity index (χ4n) is 5.57. The molecule has 0 spiro atoms. The molecule has 0 aliphatic heterocycles. The highest BCUT2D eigenvalue weighted by molar-refractivity contribution is 7.87. The Balaban J connectivity index is 1.75. The lowest BCUT2D eigenvalue weighted by atomic mass is 9.81. The minimum Gasteiger partial charge on any atom is -0.481 e. The molecule has 1 aromatic heterocycles. The van der Waals surface area contributed by atoms with Gasteiger partial charge in [-0.05, 0) is 68.0 Å². The lowest BCUT2D eigenvalue weighted by molar-refractivity contribution is -0.142. The van der Waals surface area contributed by atoms with Gasteiger partial charge in [-0.15, -0.1) is 0 Å². The van der Waals surface area contributed by atoms with Crippen LogP contribution in [0.25, 0.3) is 22.2 Å². The van der Waals surface area contributed by atoms with Crippen LogP contribution in [0.4, 0.5) is 0 Å². The van der Waals surface area contributed by atoms with Gasteiger partial charge in [0.15, 0.2) is 6.61 Å². The van der Waals surface area contributed by atoms with E-state index in [4.69, 9.17) is 15.2 Å². The molecule has 0 bridgehead atoms. The molecule has 4 rings (SSSR count). The third-order valence-corrected chi connectivity index (χ3v) is 9.24. The quantitative estimate of drug-likeness (QED) is 0.242. The fourth-order valence-corrected chi connectivity index (χ4v) is 6.45. The van der Waals surface area contributed by atoms with E-state index in [1.54, 1.807) is 12.1 Å². The zero-order valence-corrected chi connectivity index (χ0v) is 24.8. The number of methoxy groups -OCH3 is 1. The number of fused-ring (bicyclic) bond motifs is 1. The molecule has 3 aromatic rings. The summed E-state index contributed by atoms with van der Waals surface area (Å²) in [5, 5.41) is 1.01. The molecule has 3 N–H and O–H groups in total. The van der Waals surface area contributed by atoms with Crippen molar-refractivity contribution in [1.29, 1.82) is 0 Å². The summed E-state index contributed by atoms with van der Waals surface area (Å²) in [7, 11) is 0.692. The van der Waals surface area contributed by atoms with Gasteiger partial charge in [0.05, 0.1) is 12.8 Å². The Hall–Kier alpha value is -3.41. The van der Waals surface area contributed by atoms with E-state index in [-0.39, 0.29) is 18.7 Å². The first kappa shape index (κ1) is 30.5. The Morgan fingerprint density at radius 3 is 2.54 bits per heavy atom. The number of benzene rings is 2. The van der Waals surface area contributed by atoms with Crippen molar-refractivity contribution in [3.63, 3.8) is 0 Å². The van der Waals surface area contributed by atoms with Gasteiger partial charge in [0.2, 0.25) is 0 Å². The third-order valence-electron chi connectivity index (χ3n) is 7.79. The standard InChI is InChI=1S/C30H40N4O6S/c1-33(18-10-9-17-31)41(37,38)32-30(36)22-15-16-23-25(19-22)34(2)29(28(23)21-11-5-4-6-12-21)24-13-7-8-14-26(24)40-20-27(35)39-3/h7-8,13-16,19,21H,4-6,9-12,17-18,20,31H2,1-3H3,(H,32,36). The first-order valence-electron chi connectivity index (χ1n) is 14.1. The van der Waals surface area contributed by atoms with E-state index in [0.29, 0.717) is 31.1 Å². The summed E-state index contributed by atoms with van der Waals surface area (Å²) in [6.45, 7) is 0.529.